The third-order valence-corrected chi connectivity index (χ3v) is 2.23. The maximum Gasteiger partial charge on any atom is 0.406 e. The molecule has 0 aromatic heterocycles. The monoisotopic (exact) mass is 201 g/mol. The standard InChI is InChI=1S/C11H12BNO2/c1-12(15)13-11-4-2-3-8-5-6-9(14)7-10(8)11/h2-7,13-15H,1H3. The van der Waals surface area contributed by atoms with E-state index in [0.717, 1.165) is 16.5 Å². The van der Waals surface area contributed by atoms with Crippen LogP contribution in [0.3, 0.4) is 0 Å². The summed E-state index contributed by atoms with van der Waals surface area (Å²) in [7, 11) is -0.613. The van der Waals surface area contributed by atoms with Gasteiger partial charge in [-0.05, 0) is 30.4 Å². The first-order chi connectivity index (χ1) is 7.16. The molecule has 0 atom stereocenters. The van der Waals surface area contributed by atoms with Crippen LogP contribution in [0.25, 0.3) is 10.8 Å². The lowest BCUT2D eigenvalue weighted by atomic mass is 9.88. The molecule has 0 aliphatic heterocycles. The lowest BCUT2D eigenvalue weighted by Crippen LogP contribution is -2.19. The van der Waals surface area contributed by atoms with Gasteiger partial charge in [-0.2, -0.15) is 0 Å². The van der Waals surface area contributed by atoms with Gasteiger partial charge in [-0.25, -0.2) is 0 Å². The highest BCUT2D eigenvalue weighted by Gasteiger charge is 2.06. The van der Waals surface area contributed by atoms with Gasteiger partial charge in [0.2, 0.25) is 0 Å². The Bertz CT molecular complexity index is 485. The minimum atomic E-state index is -0.613. The van der Waals surface area contributed by atoms with Crippen molar-refractivity contribution >= 4 is 23.5 Å². The molecule has 0 bridgehead atoms. The van der Waals surface area contributed by atoms with Crippen LogP contribution in [0, 0.1) is 0 Å². The van der Waals surface area contributed by atoms with Gasteiger partial charge in [-0.3, -0.25) is 0 Å². The molecule has 0 radical (unpaired) electrons. The number of rotatable bonds is 2. The van der Waals surface area contributed by atoms with E-state index in [-0.39, 0.29) is 5.75 Å². The smallest absolute Gasteiger partial charge is 0.406 e. The van der Waals surface area contributed by atoms with Gasteiger partial charge in [-0.1, -0.05) is 18.2 Å². The van der Waals surface area contributed by atoms with E-state index in [1.54, 1.807) is 19.0 Å². The zero-order valence-corrected chi connectivity index (χ0v) is 8.44. The van der Waals surface area contributed by atoms with Crippen molar-refractivity contribution in [2.24, 2.45) is 0 Å². The summed E-state index contributed by atoms with van der Waals surface area (Å²) in [5.41, 5.74) is 0.818. The first-order valence-electron chi connectivity index (χ1n) is 4.83. The Labute approximate surface area is 88.5 Å². The number of benzene rings is 2. The number of fused-ring (bicyclic) bond motifs is 1. The number of phenols is 1. The summed E-state index contributed by atoms with van der Waals surface area (Å²) in [6.45, 7) is 1.65. The SMILES string of the molecule is CB(O)Nc1cccc2ccc(O)cc12. The molecular formula is C11H12BNO2. The van der Waals surface area contributed by atoms with Gasteiger partial charge in [0.25, 0.3) is 0 Å². The van der Waals surface area contributed by atoms with Gasteiger partial charge in [0.05, 0.1) is 0 Å². The van der Waals surface area contributed by atoms with Gasteiger partial charge in [0.1, 0.15) is 5.75 Å². The normalized spacial score (nSPS) is 10.3. The highest BCUT2D eigenvalue weighted by Crippen LogP contribution is 2.26. The Morgan fingerprint density at radius 1 is 1.20 bits per heavy atom. The molecule has 76 valence electrons. The molecule has 0 saturated carbocycles. The van der Waals surface area contributed by atoms with Crippen molar-refractivity contribution in [1.29, 1.82) is 0 Å². The van der Waals surface area contributed by atoms with Crippen molar-refractivity contribution in [3.8, 4) is 5.75 Å². The van der Waals surface area contributed by atoms with E-state index in [1.807, 2.05) is 24.3 Å². The molecule has 4 heteroatoms. The topological polar surface area (TPSA) is 52.5 Å². The maximum atomic E-state index is 9.40. The molecule has 3 nitrogen and oxygen atoms in total. The second kappa shape index (κ2) is 3.83. The third-order valence-electron chi connectivity index (χ3n) is 2.23. The number of anilines is 1. The molecule has 3 N–H and O–H groups in total. The molecule has 0 aliphatic carbocycles. The van der Waals surface area contributed by atoms with Crippen LogP contribution < -0.4 is 5.23 Å². The van der Waals surface area contributed by atoms with Crippen LogP contribution in [0.15, 0.2) is 36.4 Å². The Kier molecular flexibility index (Phi) is 2.52. The fraction of sp³-hybridized carbons (Fsp3) is 0.0909. The largest absolute Gasteiger partial charge is 0.508 e. The van der Waals surface area contributed by atoms with E-state index in [0.29, 0.717) is 0 Å². The zero-order chi connectivity index (χ0) is 10.8. The molecule has 0 amide bonds. The van der Waals surface area contributed by atoms with Crippen LogP contribution in [-0.4, -0.2) is 17.2 Å². The molecular weight excluding hydrogens is 189 g/mol. The Morgan fingerprint density at radius 2 is 2.00 bits per heavy atom. The van der Waals surface area contributed by atoms with Crippen LogP contribution >= 0.6 is 0 Å². The molecule has 2 aromatic carbocycles. The van der Waals surface area contributed by atoms with Crippen molar-refractivity contribution in [2.75, 3.05) is 5.23 Å². The summed E-state index contributed by atoms with van der Waals surface area (Å²) in [5.74, 6) is 0.224. The van der Waals surface area contributed by atoms with Crippen molar-refractivity contribution in [3.05, 3.63) is 36.4 Å². The number of nitrogens with one attached hydrogen (secondary N) is 1. The molecule has 2 aromatic rings. The van der Waals surface area contributed by atoms with Gasteiger partial charge < -0.3 is 15.4 Å². The predicted molar refractivity (Wildman–Crippen MR) is 63.1 cm³/mol. The highest BCUT2D eigenvalue weighted by molar-refractivity contribution is 6.53. The number of hydrogen-bond acceptors (Lipinski definition) is 3. The van der Waals surface area contributed by atoms with Crippen LogP contribution in [0.1, 0.15) is 0 Å². The minimum absolute atomic E-state index is 0.224. The third kappa shape index (κ3) is 2.05. The Balaban J connectivity index is 2.58. The number of phenolic OH excluding ortho intramolecular Hbond substituents is 1. The first kappa shape index (κ1) is 9.86. The van der Waals surface area contributed by atoms with Gasteiger partial charge in [-0.15, -0.1) is 0 Å². The molecule has 15 heavy (non-hydrogen) atoms. The average molecular weight is 201 g/mol. The summed E-state index contributed by atoms with van der Waals surface area (Å²) < 4.78 is 0. The van der Waals surface area contributed by atoms with Gasteiger partial charge >= 0.3 is 7.05 Å². The Hall–Kier alpha value is -1.68. The number of hydrogen-bond donors (Lipinski definition) is 3. The fourth-order valence-electron chi connectivity index (χ4n) is 1.61. The van der Waals surface area contributed by atoms with Crippen molar-refractivity contribution in [2.45, 2.75) is 6.82 Å². The fourth-order valence-corrected chi connectivity index (χ4v) is 1.61. The van der Waals surface area contributed by atoms with E-state index < -0.39 is 7.05 Å². The van der Waals surface area contributed by atoms with E-state index in [2.05, 4.69) is 5.23 Å². The number of aromatic hydroxyl groups is 1. The molecule has 0 fully saturated rings. The van der Waals surface area contributed by atoms with Crippen molar-refractivity contribution < 1.29 is 10.1 Å². The summed E-state index contributed by atoms with van der Waals surface area (Å²) in [5, 5.41) is 23.5. The van der Waals surface area contributed by atoms with Crippen molar-refractivity contribution in [3.63, 3.8) is 0 Å². The minimum Gasteiger partial charge on any atom is -0.508 e. The molecule has 0 aliphatic rings. The molecule has 0 unspecified atom stereocenters. The summed E-state index contributed by atoms with van der Waals surface area (Å²) >= 11 is 0. The molecule has 0 saturated heterocycles. The van der Waals surface area contributed by atoms with Crippen LogP contribution in [-0.2, 0) is 0 Å². The zero-order valence-electron chi connectivity index (χ0n) is 8.44. The van der Waals surface area contributed by atoms with E-state index in [4.69, 9.17) is 0 Å². The average Bonchev–Trinajstić information content (AvgIpc) is 2.18. The van der Waals surface area contributed by atoms with Crippen LogP contribution in [0.4, 0.5) is 5.69 Å². The van der Waals surface area contributed by atoms with Gasteiger partial charge in [0.15, 0.2) is 0 Å². The quantitative estimate of drug-likeness (QED) is 0.652. The summed E-state index contributed by atoms with van der Waals surface area (Å²) in [6, 6.07) is 10.9. The van der Waals surface area contributed by atoms with E-state index in [1.165, 1.54) is 0 Å². The summed E-state index contributed by atoms with van der Waals surface area (Å²) in [6.07, 6.45) is 0. The van der Waals surface area contributed by atoms with E-state index >= 15 is 0 Å². The molecule has 0 spiro atoms. The molecule has 2 rings (SSSR count). The highest BCUT2D eigenvalue weighted by atomic mass is 16.3. The van der Waals surface area contributed by atoms with Crippen LogP contribution in [0.2, 0.25) is 6.82 Å². The predicted octanol–water partition coefficient (Wildman–Crippen LogP) is 2.07. The van der Waals surface area contributed by atoms with E-state index in [9.17, 15) is 10.1 Å². The lowest BCUT2D eigenvalue weighted by Gasteiger charge is -2.09. The maximum absolute atomic E-state index is 9.40. The van der Waals surface area contributed by atoms with Crippen molar-refractivity contribution in [1.82, 2.24) is 0 Å². The van der Waals surface area contributed by atoms with Gasteiger partial charge in [0, 0.05) is 11.1 Å². The second-order valence-corrected chi connectivity index (χ2v) is 3.53. The lowest BCUT2D eigenvalue weighted by molar-refractivity contribution is 0.476. The summed E-state index contributed by atoms with van der Waals surface area (Å²) in [4.78, 5) is 0. The molecule has 0 heterocycles. The van der Waals surface area contributed by atoms with Crippen LogP contribution in [0.5, 0.6) is 5.75 Å². The Morgan fingerprint density at radius 3 is 2.73 bits per heavy atom. The first-order valence-corrected chi connectivity index (χ1v) is 4.83. The second-order valence-electron chi connectivity index (χ2n) is 3.53.